The van der Waals surface area contributed by atoms with Gasteiger partial charge in [0.05, 0.1) is 5.02 Å². The minimum Gasteiger partial charge on any atom is -0.488 e. The monoisotopic (exact) mass is 347 g/mol. The number of aryl methyl sites for hydroxylation is 1. The quantitative estimate of drug-likeness (QED) is 0.617. The van der Waals surface area contributed by atoms with E-state index >= 15 is 0 Å². The highest BCUT2D eigenvalue weighted by atomic mass is 35.5. The molecule has 0 aliphatic heterocycles. The summed E-state index contributed by atoms with van der Waals surface area (Å²) >= 11 is 5.94. The van der Waals surface area contributed by atoms with Gasteiger partial charge >= 0.3 is 5.97 Å². The first-order chi connectivity index (χ1) is 11.6. The molecule has 2 aromatic carbocycles. The first-order valence-electron chi connectivity index (χ1n) is 7.44. The summed E-state index contributed by atoms with van der Waals surface area (Å²) in [5.41, 5.74) is 1.48. The lowest BCUT2D eigenvalue weighted by atomic mass is 10.1. The third-order valence-corrected chi connectivity index (χ3v) is 3.43. The SMILES string of the molecule is Cc1cccc(C(=O)NCC(=O)OCCOc2ccccc2Cl)c1. The van der Waals surface area contributed by atoms with Crippen molar-refractivity contribution in [3.8, 4) is 5.75 Å². The number of hydrogen-bond donors (Lipinski definition) is 1. The highest BCUT2D eigenvalue weighted by molar-refractivity contribution is 6.32. The second-order valence-electron chi connectivity index (χ2n) is 5.05. The molecule has 0 heterocycles. The number of nitrogens with one attached hydrogen (secondary N) is 1. The Morgan fingerprint density at radius 2 is 1.88 bits per heavy atom. The van der Waals surface area contributed by atoms with Crippen molar-refractivity contribution in [1.82, 2.24) is 5.32 Å². The van der Waals surface area contributed by atoms with Gasteiger partial charge in [-0.25, -0.2) is 0 Å². The van der Waals surface area contributed by atoms with Crippen molar-refractivity contribution < 1.29 is 19.1 Å². The van der Waals surface area contributed by atoms with Crippen LogP contribution in [0.2, 0.25) is 5.02 Å². The second-order valence-corrected chi connectivity index (χ2v) is 5.46. The molecule has 0 saturated carbocycles. The van der Waals surface area contributed by atoms with E-state index in [0.717, 1.165) is 5.56 Å². The van der Waals surface area contributed by atoms with Crippen LogP contribution >= 0.6 is 11.6 Å². The number of ether oxygens (including phenoxy) is 2. The Kier molecular flexibility index (Phi) is 6.63. The molecule has 1 amide bonds. The van der Waals surface area contributed by atoms with Crippen molar-refractivity contribution in [2.75, 3.05) is 19.8 Å². The molecule has 2 aromatic rings. The summed E-state index contributed by atoms with van der Waals surface area (Å²) in [6.45, 7) is 1.95. The predicted octanol–water partition coefficient (Wildman–Crippen LogP) is 3.00. The summed E-state index contributed by atoms with van der Waals surface area (Å²) in [7, 11) is 0. The fourth-order valence-corrected chi connectivity index (χ4v) is 2.15. The standard InChI is InChI=1S/C18H18ClNO4/c1-13-5-4-6-14(11-13)18(22)20-12-17(21)24-10-9-23-16-8-3-2-7-15(16)19/h2-8,11H,9-10,12H2,1H3,(H,20,22). The van der Waals surface area contributed by atoms with Crippen molar-refractivity contribution >= 4 is 23.5 Å². The molecule has 0 aliphatic rings. The number of carbonyl (C=O) groups is 2. The van der Waals surface area contributed by atoms with E-state index in [1.807, 2.05) is 13.0 Å². The van der Waals surface area contributed by atoms with Crippen LogP contribution in [0.5, 0.6) is 5.75 Å². The Morgan fingerprint density at radius 1 is 1.08 bits per heavy atom. The molecule has 5 nitrogen and oxygen atoms in total. The molecule has 0 atom stereocenters. The number of carbonyl (C=O) groups excluding carboxylic acids is 2. The van der Waals surface area contributed by atoms with Crippen LogP contribution in [0.4, 0.5) is 0 Å². The number of halogens is 1. The van der Waals surface area contributed by atoms with Crippen LogP contribution in [0.15, 0.2) is 48.5 Å². The van der Waals surface area contributed by atoms with E-state index in [2.05, 4.69) is 5.32 Å². The van der Waals surface area contributed by atoms with Gasteiger partial charge < -0.3 is 14.8 Å². The number of amides is 1. The third-order valence-electron chi connectivity index (χ3n) is 3.11. The number of benzene rings is 2. The second kappa shape index (κ2) is 8.93. The van der Waals surface area contributed by atoms with Crippen molar-refractivity contribution in [3.63, 3.8) is 0 Å². The van der Waals surface area contributed by atoms with Gasteiger partial charge in [-0.05, 0) is 31.2 Å². The Balaban J connectivity index is 1.66. The van der Waals surface area contributed by atoms with Crippen LogP contribution in [0.1, 0.15) is 15.9 Å². The molecule has 24 heavy (non-hydrogen) atoms. The van der Waals surface area contributed by atoms with Crippen molar-refractivity contribution in [2.24, 2.45) is 0 Å². The molecule has 0 unspecified atom stereocenters. The summed E-state index contributed by atoms with van der Waals surface area (Å²) in [6, 6.07) is 14.2. The number of para-hydroxylation sites is 1. The maximum Gasteiger partial charge on any atom is 0.325 e. The Labute approximate surface area is 145 Å². The summed E-state index contributed by atoms with van der Waals surface area (Å²) in [5.74, 6) is -0.315. The van der Waals surface area contributed by atoms with E-state index in [9.17, 15) is 9.59 Å². The Morgan fingerprint density at radius 3 is 2.62 bits per heavy atom. The number of rotatable bonds is 7. The van der Waals surface area contributed by atoms with Gasteiger partial charge in [-0.2, -0.15) is 0 Å². The van der Waals surface area contributed by atoms with E-state index in [1.165, 1.54) is 0 Å². The van der Waals surface area contributed by atoms with E-state index in [-0.39, 0.29) is 25.7 Å². The first kappa shape index (κ1) is 17.8. The molecular weight excluding hydrogens is 330 g/mol. The van der Waals surface area contributed by atoms with Gasteiger partial charge in [-0.3, -0.25) is 9.59 Å². The molecule has 1 N–H and O–H groups in total. The topological polar surface area (TPSA) is 64.6 Å². The third kappa shape index (κ3) is 5.59. The fraction of sp³-hybridized carbons (Fsp3) is 0.222. The van der Waals surface area contributed by atoms with Crippen LogP contribution in [0.3, 0.4) is 0 Å². The maximum atomic E-state index is 11.9. The first-order valence-corrected chi connectivity index (χ1v) is 7.82. The molecule has 0 bridgehead atoms. The van der Waals surface area contributed by atoms with E-state index in [1.54, 1.807) is 42.5 Å². The molecule has 0 saturated heterocycles. The molecule has 0 spiro atoms. The average Bonchev–Trinajstić information content (AvgIpc) is 2.58. The lowest BCUT2D eigenvalue weighted by Crippen LogP contribution is -2.31. The van der Waals surface area contributed by atoms with Gasteiger partial charge in [0.25, 0.3) is 5.91 Å². The summed E-state index contributed by atoms with van der Waals surface area (Å²) in [4.78, 5) is 23.5. The van der Waals surface area contributed by atoms with Crippen LogP contribution in [0.25, 0.3) is 0 Å². The predicted molar refractivity (Wildman–Crippen MR) is 91.4 cm³/mol. The lowest BCUT2D eigenvalue weighted by Gasteiger charge is -2.09. The summed E-state index contributed by atoms with van der Waals surface area (Å²) in [6.07, 6.45) is 0. The fourth-order valence-electron chi connectivity index (χ4n) is 1.96. The average molecular weight is 348 g/mol. The molecule has 0 aliphatic carbocycles. The van der Waals surface area contributed by atoms with Crippen LogP contribution < -0.4 is 10.1 Å². The van der Waals surface area contributed by atoms with Gasteiger partial charge in [0.15, 0.2) is 0 Å². The van der Waals surface area contributed by atoms with Crippen LogP contribution in [-0.2, 0) is 9.53 Å². The molecule has 126 valence electrons. The highest BCUT2D eigenvalue weighted by Crippen LogP contribution is 2.22. The zero-order valence-electron chi connectivity index (χ0n) is 13.3. The molecule has 2 rings (SSSR count). The normalized spacial score (nSPS) is 10.1. The maximum absolute atomic E-state index is 11.9. The largest absolute Gasteiger partial charge is 0.488 e. The molecule has 0 aromatic heterocycles. The van der Waals surface area contributed by atoms with Crippen molar-refractivity contribution in [1.29, 1.82) is 0 Å². The van der Waals surface area contributed by atoms with Crippen molar-refractivity contribution in [2.45, 2.75) is 6.92 Å². The van der Waals surface area contributed by atoms with Gasteiger partial charge in [0, 0.05) is 5.56 Å². The molecule has 0 radical (unpaired) electrons. The highest BCUT2D eigenvalue weighted by Gasteiger charge is 2.09. The number of hydrogen-bond acceptors (Lipinski definition) is 4. The van der Waals surface area contributed by atoms with Gasteiger partial charge in [-0.1, -0.05) is 41.4 Å². The van der Waals surface area contributed by atoms with Crippen LogP contribution in [0, 0.1) is 6.92 Å². The molecule has 6 heteroatoms. The van der Waals surface area contributed by atoms with E-state index < -0.39 is 5.97 Å². The zero-order chi connectivity index (χ0) is 17.4. The minimum atomic E-state index is -0.529. The Bertz CT molecular complexity index is 718. The molecular formula is C18H18ClNO4. The van der Waals surface area contributed by atoms with Gasteiger partial charge in [0.1, 0.15) is 25.5 Å². The summed E-state index contributed by atoms with van der Waals surface area (Å²) in [5, 5.41) is 3.01. The molecule has 0 fully saturated rings. The van der Waals surface area contributed by atoms with Gasteiger partial charge in [0.2, 0.25) is 0 Å². The minimum absolute atomic E-state index is 0.0738. The van der Waals surface area contributed by atoms with E-state index in [4.69, 9.17) is 21.1 Å². The summed E-state index contributed by atoms with van der Waals surface area (Å²) < 4.78 is 10.4. The van der Waals surface area contributed by atoms with Crippen molar-refractivity contribution in [3.05, 3.63) is 64.7 Å². The Hall–Kier alpha value is -2.53. The zero-order valence-corrected chi connectivity index (χ0v) is 14.0. The van der Waals surface area contributed by atoms with Gasteiger partial charge in [-0.15, -0.1) is 0 Å². The lowest BCUT2D eigenvalue weighted by molar-refractivity contribution is -0.143. The smallest absolute Gasteiger partial charge is 0.325 e. The van der Waals surface area contributed by atoms with E-state index in [0.29, 0.717) is 16.3 Å². The number of esters is 1. The van der Waals surface area contributed by atoms with Crippen LogP contribution in [-0.4, -0.2) is 31.6 Å².